The van der Waals surface area contributed by atoms with E-state index in [1.165, 1.54) is 0 Å². The number of rotatable bonds is 8. The molecule has 0 fully saturated rings. The molecule has 2 atom stereocenters. The summed E-state index contributed by atoms with van der Waals surface area (Å²) in [5.41, 5.74) is 1.18. The highest BCUT2D eigenvalue weighted by atomic mass is 35.5. The van der Waals surface area contributed by atoms with Crippen molar-refractivity contribution in [1.29, 1.82) is 0 Å². The average Bonchev–Trinajstić information content (AvgIpc) is 2.46. The molecule has 21 heavy (non-hydrogen) atoms. The van der Waals surface area contributed by atoms with Gasteiger partial charge >= 0.3 is 0 Å². The van der Waals surface area contributed by atoms with E-state index in [0.717, 1.165) is 31.4 Å². The van der Waals surface area contributed by atoms with Gasteiger partial charge < -0.3 is 10.2 Å². The van der Waals surface area contributed by atoms with E-state index < -0.39 is 0 Å². The SMILES string of the molecule is CCCNC(Cc1cccc(Cl)c1Cl)C(C)(CC)N(C)C. The standard InChI is InChI=1S/C17H28Cl2N2/c1-6-11-20-15(17(3,7-2)21(4)5)12-13-9-8-10-14(18)16(13)19/h8-10,15,20H,6-7,11-12H2,1-5H3. The Balaban J connectivity index is 3.05. The number of hydrogen-bond donors (Lipinski definition) is 1. The highest BCUT2D eigenvalue weighted by Gasteiger charge is 2.34. The molecule has 1 aromatic rings. The molecule has 0 bridgehead atoms. The quantitative estimate of drug-likeness (QED) is 0.747. The third kappa shape index (κ3) is 4.59. The van der Waals surface area contributed by atoms with E-state index >= 15 is 0 Å². The summed E-state index contributed by atoms with van der Waals surface area (Å²) in [4.78, 5) is 2.30. The summed E-state index contributed by atoms with van der Waals surface area (Å²) in [5.74, 6) is 0. The van der Waals surface area contributed by atoms with Crippen LogP contribution in [0, 0.1) is 0 Å². The molecule has 4 heteroatoms. The highest BCUT2D eigenvalue weighted by molar-refractivity contribution is 6.42. The predicted molar refractivity (Wildman–Crippen MR) is 94.6 cm³/mol. The Kier molecular flexibility index (Phi) is 7.49. The van der Waals surface area contributed by atoms with Crippen LogP contribution in [-0.2, 0) is 6.42 Å². The second kappa shape index (κ2) is 8.38. The number of hydrogen-bond acceptors (Lipinski definition) is 2. The summed E-state index contributed by atoms with van der Waals surface area (Å²) in [5, 5.41) is 5.01. The molecule has 0 heterocycles. The van der Waals surface area contributed by atoms with Crippen LogP contribution >= 0.6 is 23.2 Å². The van der Waals surface area contributed by atoms with Crippen molar-refractivity contribution in [2.45, 2.75) is 51.6 Å². The van der Waals surface area contributed by atoms with Gasteiger partial charge in [0.25, 0.3) is 0 Å². The first-order valence-electron chi connectivity index (χ1n) is 7.70. The first-order valence-corrected chi connectivity index (χ1v) is 8.46. The van der Waals surface area contributed by atoms with Crippen LogP contribution in [0.1, 0.15) is 39.2 Å². The van der Waals surface area contributed by atoms with Gasteiger partial charge in [0.2, 0.25) is 0 Å². The number of benzene rings is 1. The molecule has 0 aliphatic carbocycles. The Morgan fingerprint density at radius 3 is 2.43 bits per heavy atom. The molecule has 0 aliphatic rings. The molecule has 1 N–H and O–H groups in total. The molecule has 0 radical (unpaired) electrons. The van der Waals surface area contributed by atoms with Gasteiger partial charge in [-0.15, -0.1) is 0 Å². The van der Waals surface area contributed by atoms with E-state index in [1.54, 1.807) is 0 Å². The Morgan fingerprint density at radius 2 is 1.90 bits per heavy atom. The predicted octanol–water partition coefficient (Wildman–Crippen LogP) is 4.63. The zero-order chi connectivity index (χ0) is 16.0. The monoisotopic (exact) mass is 330 g/mol. The van der Waals surface area contributed by atoms with Crippen molar-refractivity contribution in [1.82, 2.24) is 10.2 Å². The fraction of sp³-hybridized carbons (Fsp3) is 0.647. The summed E-state index contributed by atoms with van der Waals surface area (Å²) in [6.07, 6.45) is 3.06. The average molecular weight is 331 g/mol. The number of halogens is 2. The van der Waals surface area contributed by atoms with Gasteiger partial charge in [0.05, 0.1) is 10.0 Å². The molecule has 0 saturated carbocycles. The lowest BCUT2D eigenvalue weighted by Crippen LogP contribution is -2.58. The van der Waals surface area contributed by atoms with Crippen molar-refractivity contribution in [3.8, 4) is 0 Å². The fourth-order valence-electron chi connectivity index (χ4n) is 2.63. The van der Waals surface area contributed by atoms with E-state index in [-0.39, 0.29) is 5.54 Å². The second-order valence-electron chi connectivity index (χ2n) is 6.03. The normalized spacial score (nSPS) is 16.0. The Hall–Kier alpha value is -0.280. The summed E-state index contributed by atoms with van der Waals surface area (Å²) in [6.45, 7) is 7.74. The minimum absolute atomic E-state index is 0.0703. The van der Waals surface area contributed by atoms with Crippen LogP contribution in [0.3, 0.4) is 0 Å². The molecule has 2 unspecified atom stereocenters. The molecule has 2 nitrogen and oxygen atoms in total. The Labute approximate surface area is 139 Å². The highest BCUT2D eigenvalue weighted by Crippen LogP contribution is 2.30. The summed E-state index contributed by atoms with van der Waals surface area (Å²) < 4.78 is 0. The van der Waals surface area contributed by atoms with Crippen LogP contribution in [0.4, 0.5) is 0 Å². The maximum atomic E-state index is 6.37. The lowest BCUT2D eigenvalue weighted by Gasteiger charge is -2.43. The molecule has 0 aromatic heterocycles. The van der Waals surface area contributed by atoms with E-state index in [0.29, 0.717) is 16.1 Å². The van der Waals surface area contributed by atoms with Gasteiger partial charge in [-0.3, -0.25) is 0 Å². The molecular weight excluding hydrogens is 303 g/mol. The zero-order valence-electron chi connectivity index (χ0n) is 13.8. The summed E-state index contributed by atoms with van der Waals surface area (Å²) in [7, 11) is 4.29. The first-order chi connectivity index (χ1) is 9.86. The van der Waals surface area contributed by atoms with Crippen LogP contribution in [0.15, 0.2) is 18.2 Å². The van der Waals surface area contributed by atoms with Crippen molar-refractivity contribution in [2.75, 3.05) is 20.6 Å². The largest absolute Gasteiger partial charge is 0.312 e. The first kappa shape index (κ1) is 18.8. The third-order valence-electron chi connectivity index (χ3n) is 4.58. The van der Waals surface area contributed by atoms with Crippen LogP contribution in [-0.4, -0.2) is 37.1 Å². The Morgan fingerprint density at radius 1 is 1.24 bits per heavy atom. The maximum absolute atomic E-state index is 6.37. The molecule has 1 rings (SSSR count). The molecule has 0 aliphatic heterocycles. The minimum Gasteiger partial charge on any atom is -0.312 e. The van der Waals surface area contributed by atoms with Gasteiger partial charge in [-0.25, -0.2) is 0 Å². The van der Waals surface area contributed by atoms with Crippen LogP contribution in [0.5, 0.6) is 0 Å². The van der Waals surface area contributed by atoms with Crippen molar-refractivity contribution in [2.24, 2.45) is 0 Å². The topological polar surface area (TPSA) is 15.3 Å². The van der Waals surface area contributed by atoms with Crippen LogP contribution in [0.25, 0.3) is 0 Å². The van der Waals surface area contributed by atoms with Crippen LogP contribution in [0.2, 0.25) is 10.0 Å². The Bertz CT molecular complexity index is 448. The molecule has 0 amide bonds. The third-order valence-corrected chi connectivity index (χ3v) is 5.44. The number of likely N-dealkylation sites (N-methyl/N-ethyl adjacent to an activating group) is 1. The van der Waals surface area contributed by atoms with E-state index in [9.17, 15) is 0 Å². The lowest BCUT2D eigenvalue weighted by molar-refractivity contribution is 0.112. The fourth-order valence-corrected chi connectivity index (χ4v) is 3.03. The zero-order valence-corrected chi connectivity index (χ0v) is 15.4. The van der Waals surface area contributed by atoms with E-state index in [1.807, 2.05) is 12.1 Å². The van der Waals surface area contributed by atoms with E-state index in [2.05, 4.69) is 51.1 Å². The van der Waals surface area contributed by atoms with Gasteiger partial charge in [0.15, 0.2) is 0 Å². The van der Waals surface area contributed by atoms with Crippen molar-refractivity contribution >= 4 is 23.2 Å². The molecule has 120 valence electrons. The maximum Gasteiger partial charge on any atom is 0.0624 e. The summed E-state index contributed by atoms with van der Waals surface area (Å²) >= 11 is 12.5. The smallest absolute Gasteiger partial charge is 0.0624 e. The molecule has 1 aromatic carbocycles. The lowest BCUT2D eigenvalue weighted by atomic mass is 9.84. The van der Waals surface area contributed by atoms with Crippen LogP contribution < -0.4 is 5.32 Å². The number of nitrogens with one attached hydrogen (secondary N) is 1. The van der Waals surface area contributed by atoms with Crippen molar-refractivity contribution < 1.29 is 0 Å². The molecule has 0 spiro atoms. The molecule has 0 saturated heterocycles. The van der Waals surface area contributed by atoms with Gasteiger partial charge in [-0.05, 0) is 58.5 Å². The van der Waals surface area contributed by atoms with E-state index in [4.69, 9.17) is 23.2 Å². The summed E-state index contributed by atoms with van der Waals surface area (Å²) in [6, 6.07) is 6.21. The van der Waals surface area contributed by atoms with Gasteiger partial charge in [0, 0.05) is 11.6 Å². The van der Waals surface area contributed by atoms with Crippen molar-refractivity contribution in [3.63, 3.8) is 0 Å². The number of nitrogens with zero attached hydrogens (tertiary/aromatic N) is 1. The minimum atomic E-state index is 0.0703. The van der Waals surface area contributed by atoms with Crippen molar-refractivity contribution in [3.05, 3.63) is 33.8 Å². The van der Waals surface area contributed by atoms with Gasteiger partial charge in [0.1, 0.15) is 0 Å². The van der Waals surface area contributed by atoms with Gasteiger partial charge in [-0.2, -0.15) is 0 Å². The van der Waals surface area contributed by atoms with Gasteiger partial charge in [-0.1, -0.05) is 49.2 Å². The molecular formula is C17H28Cl2N2. The second-order valence-corrected chi connectivity index (χ2v) is 6.81.